The third-order valence-electron chi connectivity index (χ3n) is 3.54. The molecule has 138 valence electrons. The Bertz CT molecular complexity index is 898. The average molecular weight is 394 g/mol. The molecule has 2 N–H and O–H groups in total. The molecule has 1 aliphatic rings. The van der Waals surface area contributed by atoms with Gasteiger partial charge in [-0.3, -0.25) is 10.2 Å². The van der Waals surface area contributed by atoms with Gasteiger partial charge in [0, 0.05) is 11.0 Å². The molecule has 2 aromatic carbocycles. The van der Waals surface area contributed by atoms with Crippen LogP contribution in [0.2, 0.25) is 0 Å². The van der Waals surface area contributed by atoms with Crippen LogP contribution in [0, 0.1) is 6.92 Å². The lowest BCUT2D eigenvalue weighted by Gasteiger charge is -2.19. The molecule has 0 aliphatic carbocycles. The summed E-state index contributed by atoms with van der Waals surface area (Å²) in [6, 6.07) is 12.0. The first kappa shape index (κ1) is 18.6. The van der Waals surface area contributed by atoms with E-state index in [9.17, 15) is 13.2 Å². The summed E-state index contributed by atoms with van der Waals surface area (Å²) < 4.78 is 35.3. The molecule has 0 bridgehead atoms. The fraction of sp³-hybridized carbons (Fsp3) is 0.235. The number of ether oxygens (including phenoxy) is 2. The van der Waals surface area contributed by atoms with Crippen molar-refractivity contribution in [3.05, 3.63) is 48.0 Å². The molecule has 0 atom stereocenters. The number of hydrazine groups is 1. The zero-order valence-corrected chi connectivity index (χ0v) is 15.7. The number of rotatable bonds is 6. The maximum atomic E-state index is 12.3. The van der Waals surface area contributed by atoms with E-state index in [0.29, 0.717) is 24.7 Å². The summed E-state index contributed by atoms with van der Waals surface area (Å²) in [6.45, 7) is 2.76. The van der Waals surface area contributed by atoms with Crippen molar-refractivity contribution in [3.63, 3.8) is 0 Å². The summed E-state index contributed by atoms with van der Waals surface area (Å²) >= 11 is 1.32. The van der Waals surface area contributed by atoms with E-state index in [-0.39, 0.29) is 10.6 Å². The Hall–Kier alpha value is -2.23. The van der Waals surface area contributed by atoms with Gasteiger partial charge in [0.25, 0.3) is 10.0 Å². The molecule has 0 aromatic heterocycles. The minimum Gasteiger partial charge on any atom is -0.486 e. The molecule has 26 heavy (non-hydrogen) atoms. The molecule has 0 radical (unpaired) electrons. The molecule has 1 aliphatic heterocycles. The third-order valence-corrected chi connectivity index (χ3v) is 5.80. The smallest absolute Gasteiger partial charge is 0.257 e. The lowest BCUT2D eigenvalue weighted by atomic mass is 10.2. The van der Waals surface area contributed by atoms with Gasteiger partial charge in [0.05, 0.1) is 10.6 Å². The number of hydrogen-bond donors (Lipinski definition) is 2. The Morgan fingerprint density at radius 1 is 1.08 bits per heavy atom. The zero-order valence-electron chi connectivity index (χ0n) is 14.0. The summed E-state index contributed by atoms with van der Waals surface area (Å²) in [7, 11) is -3.90. The van der Waals surface area contributed by atoms with Gasteiger partial charge < -0.3 is 9.47 Å². The van der Waals surface area contributed by atoms with E-state index in [1.54, 1.807) is 0 Å². The summed E-state index contributed by atoms with van der Waals surface area (Å²) in [6.07, 6.45) is 0. The number of hydrogen-bond acceptors (Lipinski definition) is 6. The molecule has 0 fully saturated rings. The molecule has 0 saturated carbocycles. The quantitative estimate of drug-likeness (QED) is 0.574. The number of amides is 1. The first-order chi connectivity index (χ1) is 12.4. The number of carbonyl (C=O) groups is 1. The van der Waals surface area contributed by atoms with E-state index in [4.69, 9.17) is 9.47 Å². The first-order valence-corrected chi connectivity index (χ1v) is 10.3. The van der Waals surface area contributed by atoms with Gasteiger partial charge in [-0.1, -0.05) is 17.7 Å². The van der Waals surface area contributed by atoms with Crippen LogP contribution in [0.15, 0.2) is 52.3 Å². The normalized spacial score (nSPS) is 13.3. The SMILES string of the molecule is Cc1ccc(SCC(=O)NNS(=O)(=O)c2ccc3c(c2)OCCO3)cc1. The standard InChI is InChI=1S/C17H18N2O5S2/c1-12-2-4-13(5-3-12)25-11-17(20)18-19-26(21,22)14-6-7-15-16(10-14)24-9-8-23-15/h2-7,10,19H,8-9,11H2,1H3,(H,18,20). The van der Waals surface area contributed by atoms with Gasteiger partial charge in [0.2, 0.25) is 5.91 Å². The molecule has 0 unspecified atom stereocenters. The Morgan fingerprint density at radius 3 is 2.50 bits per heavy atom. The molecule has 1 amide bonds. The monoisotopic (exact) mass is 394 g/mol. The topological polar surface area (TPSA) is 93.7 Å². The largest absolute Gasteiger partial charge is 0.486 e. The molecule has 3 rings (SSSR count). The van der Waals surface area contributed by atoms with E-state index in [0.717, 1.165) is 10.5 Å². The Kier molecular flexibility index (Phi) is 5.70. The lowest BCUT2D eigenvalue weighted by Crippen LogP contribution is -2.42. The van der Waals surface area contributed by atoms with Crippen molar-refractivity contribution in [1.29, 1.82) is 0 Å². The van der Waals surface area contributed by atoms with Crippen LogP contribution < -0.4 is 19.7 Å². The number of benzene rings is 2. The molecule has 1 heterocycles. The van der Waals surface area contributed by atoms with Crippen LogP contribution in [0.5, 0.6) is 11.5 Å². The number of sulfonamides is 1. The van der Waals surface area contributed by atoms with Gasteiger partial charge in [0.15, 0.2) is 11.5 Å². The first-order valence-electron chi connectivity index (χ1n) is 7.84. The maximum Gasteiger partial charge on any atom is 0.257 e. The van der Waals surface area contributed by atoms with Crippen molar-refractivity contribution in [1.82, 2.24) is 10.3 Å². The van der Waals surface area contributed by atoms with Crippen LogP contribution in [-0.2, 0) is 14.8 Å². The van der Waals surface area contributed by atoms with Crippen LogP contribution in [-0.4, -0.2) is 33.3 Å². The highest BCUT2D eigenvalue weighted by Crippen LogP contribution is 2.32. The number of aryl methyl sites for hydroxylation is 1. The maximum absolute atomic E-state index is 12.3. The average Bonchev–Trinajstić information content (AvgIpc) is 2.65. The molecule has 0 spiro atoms. The van der Waals surface area contributed by atoms with E-state index >= 15 is 0 Å². The summed E-state index contributed by atoms with van der Waals surface area (Å²) in [5.74, 6) is 0.498. The molecule has 7 nitrogen and oxygen atoms in total. The van der Waals surface area contributed by atoms with Crippen molar-refractivity contribution in [3.8, 4) is 11.5 Å². The van der Waals surface area contributed by atoms with Crippen LogP contribution in [0.3, 0.4) is 0 Å². The van der Waals surface area contributed by atoms with Gasteiger partial charge in [-0.15, -0.1) is 16.6 Å². The van der Waals surface area contributed by atoms with Gasteiger partial charge in [-0.05, 0) is 31.2 Å². The van der Waals surface area contributed by atoms with Crippen molar-refractivity contribution >= 4 is 27.7 Å². The van der Waals surface area contributed by atoms with Gasteiger partial charge >= 0.3 is 0 Å². The van der Waals surface area contributed by atoms with Crippen LogP contribution in [0.25, 0.3) is 0 Å². The predicted molar refractivity (Wildman–Crippen MR) is 97.8 cm³/mol. The highest BCUT2D eigenvalue weighted by molar-refractivity contribution is 8.00. The van der Waals surface area contributed by atoms with Crippen molar-refractivity contribution in [2.45, 2.75) is 16.7 Å². The Balaban J connectivity index is 1.56. The zero-order chi connectivity index (χ0) is 18.6. The Labute approximate surface area is 156 Å². The number of fused-ring (bicyclic) bond motifs is 1. The van der Waals surface area contributed by atoms with Crippen LogP contribution in [0.4, 0.5) is 0 Å². The summed E-state index contributed by atoms with van der Waals surface area (Å²) in [4.78, 5) is 14.9. The van der Waals surface area contributed by atoms with Crippen molar-refractivity contribution in [2.24, 2.45) is 0 Å². The fourth-order valence-corrected chi connectivity index (χ4v) is 3.77. The highest BCUT2D eigenvalue weighted by Gasteiger charge is 2.20. The minimum atomic E-state index is -3.90. The second-order valence-electron chi connectivity index (χ2n) is 5.56. The minimum absolute atomic E-state index is 0.0202. The molecule has 0 saturated heterocycles. The number of carbonyl (C=O) groups excluding carboxylic acids is 1. The molecule has 9 heteroatoms. The summed E-state index contributed by atoms with van der Waals surface area (Å²) in [5, 5.41) is 0. The number of nitrogens with one attached hydrogen (secondary N) is 2. The van der Waals surface area contributed by atoms with Crippen molar-refractivity contribution < 1.29 is 22.7 Å². The van der Waals surface area contributed by atoms with Gasteiger partial charge in [0.1, 0.15) is 13.2 Å². The molecular formula is C17H18N2O5S2. The van der Waals surface area contributed by atoms with Crippen LogP contribution in [0.1, 0.15) is 5.56 Å². The van der Waals surface area contributed by atoms with Crippen LogP contribution >= 0.6 is 11.8 Å². The molecule has 2 aromatic rings. The Morgan fingerprint density at radius 2 is 1.77 bits per heavy atom. The van der Waals surface area contributed by atoms with Gasteiger partial charge in [-0.2, -0.15) is 0 Å². The van der Waals surface area contributed by atoms with Crippen molar-refractivity contribution in [2.75, 3.05) is 19.0 Å². The molecular weight excluding hydrogens is 376 g/mol. The highest BCUT2D eigenvalue weighted by atomic mass is 32.2. The fourth-order valence-electron chi connectivity index (χ4n) is 2.19. The number of thioether (sulfide) groups is 1. The predicted octanol–water partition coefficient (Wildman–Crippen LogP) is 1.87. The van der Waals surface area contributed by atoms with E-state index in [2.05, 4.69) is 10.3 Å². The van der Waals surface area contributed by atoms with E-state index in [1.165, 1.54) is 30.0 Å². The summed E-state index contributed by atoms with van der Waals surface area (Å²) in [5.41, 5.74) is 3.34. The lowest BCUT2D eigenvalue weighted by molar-refractivity contribution is -0.119. The van der Waals surface area contributed by atoms with E-state index < -0.39 is 15.9 Å². The van der Waals surface area contributed by atoms with Gasteiger partial charge in [-0.25, -0.2) is 8.42 Å². The third kappa shape index (κ3) is 4.69. The second kappa shape index (κ2) is 7.98. The second-order valence-corrected chi connectivity index (χ2v) is 8.29. The van der Waals surface area contributed by atoms with E-state index in [1.807, 2.05) is 31.2 Å².